The summed E-state index contributed by atoms with van der Waals surface area (Å²) >= 11 is 0. The topological polar surface area (TPSA) is 20.3 Å². The van der Waals surface area contributed by atoms with Crippen LogP contribution in [0.15, 0.2) is 60.7 Å². The van der Waals surface area contributed by atoms with Crippen LogP contribution in [0.1, 0.15) is 18.9 Å². The summed E-state index contributed by atoms with van der Waals surface area (Å²) in [7, 11) is 0. The fourth-order valence-electron chi connectivity index (χ4n) is 2.77. The van der Waals surface area contributed by atoms with Gasteiger partial charge in [0.2, 0.25) is 5.91 Å². The van der Waals surface area contributed by atoms with E-state index in [-0.39, 0.29) is 5.91 Å². The molecule has 0 spiro atoms. The Morgan fingerprint density at radius 3 is 2.16 bits per heavy atom. The Hall–Kier alpha value is -2.09. The number of nitrogens with zero attached hydrogens (tertiary/aromatic N) is 1. The number of anilines is 1. The first kappa shape index (κ1) is 12.0. The van der Waals surface area contributed by atoms with E-state index in [9.17, 15) is 4.79 Å². The van der Waals surface area contributed by atoms with Crippen LogP contribution < -0.4 is 4.90 Å². The normalized spacial score (nSPS) is 22.8. The highest BCUT2D eigenvalue weighted by Gasteiger charge is 2.44. The average Bonchev–Trinajstić information content (AvgIpc) is 2.78. The standard InChI is InChI=1S/C17H17NO/c1-17(14-8-4-2-5-9-14)12-13-18(16(17)19)15-10-6-3-7-11-15/h2-11H,12-13H2,1H3/t17-/m0/s1. The van der Waals surface area contributed by atoms with E-state index in [1.54, 1.807) is 0 Å². The molecule has 1 heterocycles. The molecule has 0 radical (unpaired) electrons. The second kappa shape index (κ2) is 4.54. The van der Waals surface area contributed by atoms with Gasteiger partial charge in [-0.25, -0.2) is 0 Å². The third kappa shape index (κ3) is 1.93. The van der Waals surface area contributed by atoms with Crippen molar-refractivity contribution in [2.45, 2.75) is 18.8 Å². The number of hydrogen-bond acceptors (Lipinski definition) is 1. The van der Waals surface area contributed by atoms with Crippen molar-refractivity contribution >= 4 is 11.6 Å². The molecule has 1 fully saturated rings. The van der Waals surface area contributed by atoms with Crippen molar-refractivity contribution in [3.05, 3.63) is 66.2 Å². The van der Waals surface area contributed by atoms with Gasteiger partial charge in [-0.3, -0.25) is 4.79 Å². The Kier molecular flexibility index (Phi) is 2.86. The number of carbonyl (C=O) groups is 1. The highest BCUT2D eigenvalue weighted by molar-refractivity contribution is 6.03. The summed E-state index contributed by atoms with van der Waals surface area (Å²) < 4.78 is 0. The second-order valence-corrected chi connectivity index (χ2v) is 5.24. The van der Waals surface area contributed by atoms with Gasteiger partial charge in [0.15, 0.2) is 0 Å². The number of carbonyl (C=O) groups excluding carboxylic acids is 1. The molecule has 0 aromatic heterocycles. The number of benzene rings is 2. The van der Waals surface area contributed by atoms with Crippen LogP contribution in [0.2, 0.25) is 0 Å². The summed E-state index contributed by atoms with van der Waals surface area (Å²) in [5.74, 6) is 0.199. The van der Waals surface area contributed by atoms with Crippen molar-refractivity contribution in [2.24, 2.45) is 0 Å². The zero-order valence-electron chi connectivity index (χ0n) is 11.0. The van der Waals surface area contributed by atoms with E-state index in [0.717, 1.165) is 24.2 Å². The molecule has 0 saturated carbocycles. The zero-order chi connectivity index (χ0) is 13.3. The van der Waals surface area contributed by atoms with Crippen LogP contribution in [0.3, 0.4) is 0 Å². The van der Waals surface area contributed by atoms with Gasteiger partial charge in [-0.2, -0.15) is 0 Å². The number of hydrogen-bond donors (Lipinski definition) is 0. The van der Waals surface area contributed by atoms with Crippen molar-refractivity contribution in [1.82, 2.24) is 0 Å². The predicted molar refractivity (Wildman–Crippen MR) is 77.2 cm³/mol. The average molecular weight is 251 g/mol. The lowest BCUT2D eigenvalue weighted by Gasteiger charge is -2.24. The third-order valence-corrected chi connectivity index (χ3v) is 4.03. The molecular weight excluding hydrogens is 234 g/mol. The summed E-state index contributed by atoms with van der Waals surface area (Å²) in [6, 6.07) is 20.0. The molecule has 0 N–H and O–H groups in total. The molecule has 2 aromatic carbocycles. The number of rotatable bonds is 2. The minimum atomic E-state index is -0.392. The van der Waals surface area contributed by atoms with E-state index < -0.39 is 5.41 Å². The first-order chi connectivity index (χ1) is 9.22. The van der Waals surface area contributed by atoms with Crippen LogP contribution in [-0.4, -0.2) is 12.5 Å². The monoisotopic (exact) mass is 251 g/mol. The second-order valence-electron chi connectivity index (χ2n) is 5.24. The van der Waals surface area contributed by atoms with Crippen LogP contribution in [0.25, 0.3) is 0 Å². The van der Waals surface area contributed by atoms with Crippen LogP contribution in [-0.2, 0) is 10.2 Å². The molecule has 3 rings (SSSR count). The highest BCUT2D eigenvalue weighted by Crippen LogP contribution is 2.37. The van der Waals surface area contributed by atoms with Gasteiger partial charge >= 0.3 is 0 Å². The molecule has 2 heteroatoms. The van der Waals surface area contributed by atoms with Crippen LogP contribution in [0.5, 0.6) is 0 Å². The lowest BCUT2D eigenvalue weighted by molar-refractivity contribution is -0.121. The third-order valence-electron chi connectivity index (χ3n) is 4.03. The van der Waals surface area contributed by atoms with E-state index in [4.69, 9.17) is 0 Å². The van der Waals surface area contributed by atoms with Gasteiger partial charge in [0.25, 0.3) is 0 Å². The Morgan fingerprint density at radius 2 is 1.53 bits per heavy atom. The van der Waals surface area contributed by atoms with Crippen molar-refractivity contribution in [3.63, 3.8) is 0 Å². The van der Waals surface area contributed by atoms with Crippen LogP contribution in [0.4, 0.5) is 5.69 Å². The molecule has 96 valence electrons. The highest BCUT2D eigenvalue weighted by atomic mass is 16.2. The molecule has 1 saturated heterocycles. The van der Waals surface area contributed by atoms with Gasteiger partial charge in [-0.15, -0.1) is 0 Å². The molecule has 1 amide bonds. The fourth-order valence-corrected chi connectivity index (χ4v) is 2.77. The Labute approximate surface area is 113 Å². The van der Waals surface area contributed by atoms with Crippen molar-refractivity contribution in [1.29, 1.82) is 0 Å². The van der Waals surface area contributed by atoms with E-state index >= 15 is 0 Å². The number of amides is 1. The van der Waals surface area contributed by atoms with E-state index in [1.165, 1.54) is 0 Å². The Morgan fingerprint density at radius 1 is 0.947 bits per heavy atom. The molecule has 2 aromatic rings. The molecule has 0 unspecified atom stereocenters. The maximum atomic E-state index is 12.8. The fraction of sp³-hybridized carbons (Fsp3) is 0.235. The molecular formula is C17H17NO. The SMILES string of the molecule is C[C@@]1(c2ccccc2)CCN(c2ccccc2)C1=O. The van der Waals surface area contributed by atoms with E-state index in [1.807, 2.05) is 72.5 Å². The van der Waals surface area contributed by atoms with Gasteiger partial charge in [0.05, 0.1) is 5.41 Å². The predicted octanol–water partition coefficient (Wildman–Crippen LogP) is 3.38. The summed E-state index contributed by atoms with van der Waals surface area (Å²) in [5.41, 5.74) is 1.71. The number of para-hydroxylation sites is 1. The van der Waals surface area contributed by atoms with E-state index in [2.05, 4.69) is 0 Å². The molecule has 2 nitrogen and oxygen atoms in total. The lowest BCUT2D eigenvalue weighted by atomic mass is 9.81. The van der Waals surface area contributed by atoms with Gasteiger partial charge in [0, 0.05) is 12.2 Å². The van der Waals surface area contributed by atoms with Crippen molar-refractivity contribution < 1.29 is 4.79 Å². The summed E-state index contributed by atoms with van der Waals surface area (Å²) in [4.78, 5) is 14.6. The molecule has 1 atom stereocenters. The molecule has 1 aliphatic rings. The van der Waals surface area contributed by atoms with Crippen molar-refractivity contribution in [2.75, 3.05) is 11.4 Å². The maximum absolute atomic E-state index is 12.8. The van der Waals surface area contributed by atoms with Gasteiger partial charge in [-0.1, -0.05) is 48.5 Å². The minimum absolute atomic E-state index is 0.199. The van der Waals surface area contributed by atoms with Gasteiger partial charge < -0.3 is 4.90 Å². The maximum Gasteiger partial charge on any atom is 0.237 e. The molecule has 0 aliphatic carbocycles. The first-order valence-electron chi connectivity index (χ1n) is 6.64. The van der Waals surface area contributed by atoms with Crippen molar-refractivity contribution in [3.8, 4) is 0 Å². The van der Waals surface area contributed by atoms with E-state index in [0.29, 0.717) is 0 Å². The Balaban J connectivity index is 1.95. The smallest absolute Gasteiger partial charge is 0.237 e. The van der Waals surface area contributed by atoms with Crippen LogP contribution in [0, 0.1) is 0 Å². The lowest BCUT2D eigenvalue weighted by Crippen LogP contribution is -2.35. The Bertz CT molecular complexity index is 579. The molecule has 1 aliphatic heterocycles. The first-order valence-corrected chi connectivity index (χ1v) is 6.64. The summed E-state index contributed by atoms with van der Waals surface area (Å²) in [6.07, 6.45) is 0.866. The quantitative estimate of drug-likeness (QED) is 0.801. The minimum Gasteiger partial charge on any atom is -0.312 e. The van der Waals surface area contributed by atoms with Gasteiger partial charge in [0.1, 0.15) is 0 Å². The molecule has 19 heavy (non-hydrogen) atoms. The summed E-state index contributed by atoms with van der Waals surface area (Å²) in [5, 5.41) is 0. The zero-order valence-corrected chi connectivity index (χ0v) is 11.0. The largest absolute Gasteiger partial charge is 0.312 e. The van der Waals surface area contributed by atoms with Gasteiger partial charge in [-0.05, 0) is 31.0 Å². The summed E-state index contributed by atoms with van der Waals surface area (Å²) in [6.45, 7) is 2.84. The van der Waals surface area contributed by atoms with Crippen LogP contribution >= 0.6 is 0 Å². The molecule has 0 bridgehead atoms.